The highest BCUT2D eigenvalue weighted by molar-refractivity contribution is 5.93. The molecule has 0 saturated carbocycles. The highest BCUT2D eigenvalue weighted by atomic mass is 16.6. The number of nitriles is 1. The second-order valence-corrected chi connectivity index (χ2v) is 5.57. The monoisotopic (exact) mass is 348 g/mol. The number of benzene rings is 1. The minimum Gasteiger partial charge on any atom is -0.449 e. The Morgan fingerprint density at radius 3 is 2.52 bits per heavy atom. The molecule has 0 N–H and O–H groups in total. The first kappa shape index (κ1) is 19.9. The van der Waals surface area contributed by atoms with Crippen LogP contribution in [0.4, 0.5) is 11.4 Å². The third kappa shape index (κ3) is 5.17. The van der Waals surface area contributed by atoms with Crippen LogP contribution in [-0.4, -0.2) is 55.5 Å². The van der Waals surface area contributed by atoms with Crippen LogP contribution in [0, 0.1) is 21.4 Å². The van der Waals surface area contributed by atoms with Gasteiger partial charge in [-0.15, -0.1) is 0 Å². The highest BCUT2D eigenvalue weighted by Gasteiger charge is 2.24. The molecule has 1 rings (SSSR count). The maximum atomic E-state index is 12.2. The Bertz CT molecular complexity index is 711. The molecule has 0 bridgehead atoms. The van der Waals surface area contributed by atoms with Gasteiger partial charge in [0.1, 0.15) is 5.69 Å². The summed E-state index contributed by atoms with van der Waals surface area (Å²) >= 11 is 0. The fourth-order valence-electron chi connectivity index (χ4n) is 2.09. The van der Waals surface area contributed by atoms with E-state index in [1.165, 1.54) is 31.0 Å². The molecule has 0 radical (unpaired) electrons. The van der Waals surface area contributed by atoms with Gasteiger partial charge in [-0.25, -0.2) is 4.79 Å². The van der Waals surface area contributed by atoms with Crippen LogP contribution < -0.4 is 4.90 Å². The van der Waals surface area contributed by atoms with Crippen molar-refractivity contribution in [3.8, 4) is 6.07 Å². The summed E-state index contributed by atoms with van der Waals surface area (Å²) in [5.41, 5.74) is 0.100. The van der Waals surface area contributed by atoms with E-state index >= 15 is 0 Å². The molecule has 0 heterocycles. The first-order valence-electron chi connectivity index (χ1n) is 7.47. The van der Waals surface area contributed by atoms with Gasteiger partial charge in [-0.3, -0.25) is 14.9 Å². The number of esters is 1. The van der Waals surface area contributed by atoms with Crippen molar-refractivity contribution in [2.45, 2.75) is 19.4 Å². The molecule has 0 spiro atoms. The fourth-order valence-corrected chi connectivity index (χ4v) is 2.09. The second-order valence-electron chi connectivity index (χ2n) is 5.57. The van der Waals surface area contributed by atoms with Crippen LogP contribution in [0.3, 0.4) is 0 Å². The molecule has 1 aromatic carbocycles. The quantitative estimate of drug-likeness (QED) is 0.417. The number of carbonyl (C=O) groups is 2. The summed E-state index contributed by atoms with van der Waals surface area (Å²) in [5.74, 6) is -1.29. The van der Waals surface area contributed by atoms with Crippen LogP contribution >= 0.6 is 0 Å². The molecule has 9 nitrogen and oxygen atoms in total. The number of anilines is 1. The van der Waals surface area contributed by atoms with Crippen molar-refractivity contribution < 1.29 is 19.2 Å². The molecule has 1 aromatic rings. The zero-order valence-electron chi connectivity index (χ0n) is 14.6. The molecule has 1 amide bonds. The van der Waals surface area contributed by atoms with Gasteiger partial charge in [0, 0.05) is 33.8 Å². The second kappa shape index (κ2) is 8.63. The van der Waals surface area contributed by atoms with Crippen LogP contribution in [0.2, 0.25) is 0 Å². The van der Waals surface area contributed by atoms with Crippen LogP contribution in [0.15, 0.2) is 18.2 Å². The van der Waals surface area contributed by atoms with Gasteiger partial charge in [0.05, 0.1) is 23.0 Å². The van der Waals surface area contributed by atoms with E-state index in [9.17, 15) is 19.7 Å². The number of rotatable bonds is 7. The zero-order chi connectivity index (χ0) is 19.1. The lowest BCUT2D eigenvalue weighted by Crippen LogP contribution is -2.37. The number of nitrogens with zero attached hydrogens (tertiary/aromatic N) is 4. The Kier molecular flexibility index (Phi) is 6.87. The van der Waals surface area contributed by atoms with Gasteiger partial charge in [0.2, 0.25) is 0 Å². The average Bonchev–Trinajstić information content (AvgIpc) is 2.57. The zero-order valence-corrected chi connectivity index (χ0v) is 14.6. The number of ether oxygens (including phenoxy) is 1. The van der Waals surface area contributed by atoms with Gasteiger partial charge in [-0.05, 0) is 19.1 Å². The van der Waals surface area contributed by atoms with E-state index in [0.717, 1.165) is 6.07 Å². The first-order valence-corrected chi connectivity index (χ1v) is 7.47. The standard InChI is InChI=1S/C16H20N4O5/c1-11(15(21)19(4)9-5-8-17)25-16(22)12-6-7-13(18(2)3)14(10-12)20(23)24/h6-7,10-11H,5,9H2,1-4H3/t11-/m0/s1. The summed E-state index contributed by atoms with van der Waals surface area (Å²) < 4.78 is 5.09. The average molecular weight is 348 g/mol. The van der Waals surface area contributed by atoms with Gasteiger partial charge >= 0.3 is 5.97 Å². The smallest absolute Gasteiger partial charge is 0.339 e. The Morgan fingerprint density at radius 1 is 1.36 bits per heavy atom. The lowest BCUT2D eigenvalue weighted by Gasteiger charge is -2.20. The summed E-state index contributed by atoms with van der Waals surface area (Å²) in [4.78, 5) is 37.7. The van der Waals surface area contributed by atoms with E-state index in [-0.39, 0.29) is 24.2 Å². The molecule has 0 aliphatic heterocycles. The maximum absolute atomic E-state index is 12.2. The molecular weight excluding hydrogens is 328 g/mol. The third-order valence-corrected chi connectivity index (χ3v) is 3.46. The van der Waals surface area contributed by atoms with Gasteiger partial charge in [-0.2, -0.15) is 5.26 Å². The van der Waals surface area contributed by atoms with Crippen molar-refractivity contribution in [1.82, 2.24) is 4.90 Å². The van der Waals surface area contributed by atoms with E-state index < -0.39 is 22.9 Å². The number of hydrogen-bond donors (Lipinski definition) is 0. The number of amides is 1. The number of carbonyl (C=O) groups excluding carboxylic acids is 2. The molecule has 0 unspecified atom stereocenters. The minimum absolute atomic E-state index is 0.0170. The predicted molar refractivity (Wildman–Crippen MR) is 90.2 cm³/mol. The number of nitro benzene ring substituents is 1. The SMILES string of the molecule is C[C@H](OC(=O)c1ccc(N(C)C)c([N+](=O)[O-])c1)C(=O)N(C)CCC#N. The van der Waals surface area contributed by atoms with Crippen molar-refractivity contribution in [3.63, 3.8) is 0 Å². The van der Waals surface area contributed by atoms with Crippen LogP contribution in [0.25, 0.3) is 0 Å². The van der Waals surface area contributed by atoms with Crippen molar-refractivity contribution in [1.29, 1.82) is 5.26 Å². The van der Waals surface area contributed by atoms with Crippen molar-refractivity contribution in [2.24, 2.45) is 0 Å². The Hall–Kier alpha value is -3.15. The molecule has 0 fully saturated rings. The van der Waals surface area contributed by atoms with E-state index in [1.807, 2.05) is 6.07 Å². The molecule has 134 valence electrons. The first-order chi connectivity index (χ1) is 11.7. The molecule has 0 aromatic heterocycles. The van der Waals surface area contributed by atoms with Gasteiger partial charge in [-0.1, -0.05) is 0 Å². The summed E-state index contributed by atoms with van der Waals surface area (Å²) in [5, 5.41) is 19.7. The van der Waals surface area contributed by atoms with Gasteiger partial charge < -0.3 is 14.5 Å². The molecular formula is C16H20N4O5. The third-order valence-electron chi connectivity index (χ3n) is 3.46. The van der Waals surface area contributed by atoms with Crippen molar-refractivity contribution in [2.75, 3.05) is 32.6 Å². The molecule has 0 aliphatic carbocycles. The molecule has 0 saturated heterocycles. The number of nitro groups is 1. The van der Waals surface area contributed by atoms with Crippen molar-refractivity contribution >= 4 is 23.3 Å². The van der Waals surface area contributed by atoms with Crippen molar-refractivity contribution in [3.05, 3.63) is 33.9 Å². The maximum Gasteiger partial charge on any atom is 0.339 e. The summed E-state index contributed by atoms with van der Waals surface area (Å²) in [6, 6.07) is 5.89. The van der Waals surface area contributed by atoms with E-state index in [4.69, 9.17) is 10.00 Å². The van der Waals surface area contributed by atoms with Crippen LogP contribution in [0.5, 0.6) is 0 Å². The Morgan fingerprint density at radius 2 is 2.00 bits per heavy atom. The van der Waals surface area contributed by atoms with Crippen LogP contribution in [-0.2, 0) is 9.53 Å². The highest BCUT2D eigenvalue weighted by Crippen LogP contribution is 2.28. The molecule has 9 heteroatoms. The van der Waals surface area contributed by atoms with E-state index in [1.54, 1.807) is 19.0 Å². The van der Waals surface area contributed by atoms with E-state index in [0.29, 0.717) is 5.69 Å². The lowest BCUT2D eigenvalue weighted by atomic mass is 10.1. The molecule has 25 heavy (non-hydrogen) atoms. The molecule has 1 atom stereocenters. The van der Waals surface area contributed by atoms with Gasteiger partial charge in [0.25, 0.3) is 11.6 Å². The largest absolute Gasteiger partial charge is 0.449 e. The normalized spacial score (nSPS) is 11.2. The minimum atomic E-state index is -1.07. The van der Waals surface area contributed by atoms with E-state index in [2.05, 4.69) is 0 Å². The number of likely N-dealkylation sites (N-methyl/N-ethyl adjacent to an activating group) is 1. The summed E-state index contributed by atoms with van der Waals surface area (Å²) in [6.07, 6.45) is -0.898. The topological polar surface area (TPSA) is 117 Å². The fraction of sp³-hybridized carbons (Fsp3) is 0.438. The van der Waals surface area contributed by atoms with Gasteiger partial charge in [0.15, 0.2) is 6.10 Å². The van der Waals surface area contributed by atoms with Crippen LogP contribution in [0.1, 0.15) is 23.7 Å². The summed E-state index contributed by atoms with van der Waals surface area (Å²) in [7, 11) is 4.80. The lowest BCUT2D eigenvalue weighted by molar-refractivity contribution is -0.384. The molecule has 0 aliphatic rings. The summed E-state index contributed by atoms with van der Waals surface area (Å²) in [6.45, 7) is 1.63. The Labute approximate surface area is 145 Å². The Balaban J connectivity index is 2.90. The number of hydrogen-bond acceptors (Lipinski definition) is 7. The predicted octanol–water partition coefficient (Wildman–Crippen LogP) is 1.58.